The van der Waals surface area contributed by atoms with Crippen LogP contribution in [-0.4, -0.2) is 90.3 Å². The third-order valence-electron chi connectivity index (χ3n) is 3.11. The first-order chi connectivity index (χ1) is 10.3. The summed E-state index contributed by atoms with van der Waals surface area (Å²) in [5, 5.41) is 3.20. The lowest BCUT2D eigenvalue weighted by atomic mass is 10.3. The summed E-state index contributed by atoms with van der Waals surface area (Å²) in [6.45, 7) is 7.16. The van der Waals surface area contributed by atoms with Crippen LogP contribution in [0.5, 0.6) is 0 Å². The van der Waals surface area contributed by atoms with Gasteiger partial charge in [0.2, 0.25) is 5.91 Å². The Morgan fingerprint density at radius 2 is 1.71 bits per heavy atom. The second-order valence-electron chi connectivity index (χ2n) is 4.71. The fourth-order valence-electron chi connectivity index (χ4n) is 1.90. The molecule has 7 heteroatoms. The van der Waals surface area contributed by atoms with Crippen molar-refractivity contribution >= 4 is 5.91 Å². The van der Waals surface area contributed by atoms with Crippen molar-refractivity contribution in [3.8, 4) is 0 Å². The van der Waals surface area contributed by atoms with Crippen molar-refractivity contribution in [1.82, 2.24) is 10.2 Å². The van der Waals surface area contributed by atoms with Gasteiger partial charge in [0.1, 0.15) is 0 Å². The summed E-state index contributed by atoms with van der Waals surface area (Å²) < 4.78 is 20.7. The van der Waals surface area contributed by atoms with Gasteiger partial charge in [-0.25, -0.2) is 0 Å². The highest BCUT2D eigenvalue weighted by Crippen LogP contribution is 1.99. The lowest BCUT2D eigenvalue weighted by Crippen LogP contribution is -2.41. The molecule has 1 fully saturated rings. The smallest absolute Gasteiger partial charge is 0.224 e. The third-order valence-corrected chi connectivity index (χ3v) is 3.11. The summed E-state index contributed by atoms with van der Waals surface area (Å²) in [5.41, 5.74) is 0. The first kappa shape index (κ1) is 18.3. The number of nitrogens with one attached hydrogen (secondary N) is 1. The molecule has 1 aliphatic heterocycles. The summed E-state index contributed by atoms with van der Waals surface area (Å²) in [7, 11) is 1.65. The number of carbonyl (C=O) groups excluding carboxylic acids is 1. The van der Waals surface area contributed by atoms with E-state index in [0.29, 0.717) is 72.3 Å². The number of methoxy groups -OCH3 is 1. The van der Waals surface area contributed by atoms with Gasteiger partial charge in [0.15, 0.2) is 0 Å². The first-order valence-corrected chi connectivity index (χ1v) is 7.55. The quantitative estimate of drug-likeness (QED) is 0.491. The maximum Gasteiger partial charge on any atom is 0.224 e. The van der Waals surface area contributed by atoms with Crippen LogP contribution >= 0.6 is 0 Å². The van der Waals surface area contributed by atoms with Gasteiger partial charge in [-0.2, -0.15) is 0 Å². The molecule has 1 aliphatic rings. The Hall–Kier alpha value is -0.730. The standard InChI is InChI=1S/C14H28N2O5/c1-18-10-11-21-13-12-19-7-4-15-3-2-14(17)16-5-8-20-9-6-16/h15H,2-13H2,1H3. The molecule has 1 heterocycles. The van der Waals surface area contributed by atoms with Crippen molar-refractivity contribution in [2.75, 3.05) is 79.5 Å². The van der Waals surface area contributed by atoms with E-state index in [-0.39, 0.29) is 5.91 Å². The van der Waals surface area contributed by atoms with Crippen molar-refractivity contribution in [2.45, 2.75) is 6.42 Å². The molecule has 0 atom stereocenters. The van der Waals surface area contributed by atoms with Gasteiger partial charge in [-0.05, 0) is 0 Å². The van der Waals surface area contributed by atoms with E-state index in [2.05, 4.69) is 5.32 Å². The number of nitrogens with zero attached hydrogens (tertiary/aromatic N) is 1. The molecule has 124 valence electrons. The minimum Gasteiger partial charge on any atom is -0.382 e. The fourth-order valence-corrected chi connectivity index (χ4v) is 1.90. The summed E-state index contributed by atoms with van der Waals surface area (Å²) in [4.78, 5) is 13.7. The van der Waals surface area contributed by atoms with Crippen molar-refractivity contribution in [3.05, 3.63) is 0 Å². The molecule has 0 aliphatic carbocycles. The van der Waals surface area contributed by atoms with Gasteiger partial charge >= 0.3 is 0 Å². The van der Waals surface area contributed by atoms with E-state index in [0.717, 1.165) is 6.54 Å². The van der Waals surface area contributed by atoms with Gasteiger partial charge < -0.3 is 29.2 Å². The number of rotatable bonds is 12. The van der Waals surface area contributed by atoms with E-state index in [9.17, 15) is 4.79 Å². The molecule has 1 rings (SSSR count). The van der Waals surface area contributed by atoms with Gasteiger partial charge in [0.05, 0.1) is 46.2 Å². The molecule has 0 radical (unpaired) electrons. The van der Waals surface area contributed by atoms with Crippen LogP contribution in [0.15, 0.2) is 0 Å². The van der Waals surface area contributed by atoms with E-state index < -0.39 is 0 Å². The second-order valence-corrected chi connectivity index (χ2v) is 4.71. The number of amides is 1. The second kappa shape index (κ2) is 13.0. The van der Waals surface area contributed by atoms with Crippen LogP contribution in [0.1, 0.15) is 6.42 Å². The average molecular weight is 304 g/mol. The molecule has 1 saturated heterocycles. The maximum absolute atomic E-state index is 11.8. The zero-order valence-corrected chi connectivity index (χ0v) is 13.0. The number of morpholine rings is 1. The summed E-state index contributed by atoms with van der Waals surface area (Å²) in [6.07, 6.45) is 0.528. The topological polar surface area (TPSA) is 69.3 Å². The highest BCUT2D eigenvalue weighted by molar-refractivity contribution is 5.76. The van der Waals surface area contributed by atoms with Gasteiger partial charge in [-0.1, -0.05) is 0 Å². The molecule has 7 nitrogen and oxygen atoms in total. The predicted molar refractivity (Wildman–Crippen MR) is 78.4 cm³/mol. The Morgan fingerprint density at radius 1 is 1.05 bits per heavy atom. The number of hydrogen-bond donors (Lipinski definition) is 1. The molecule has 21 heavy (non-hydrogen) atoms. The molecule has 0 aromatic rings. The monoisotopic (exact) mass is 304 g/mol. The van der Waals surface area contributed by atoms with Gasteiger partial charge in [0.25, 0.3) is 0 Å². The van der Waals surface area contributed by atoms with Crippen molar-refractivity contribution < 1.29 is 23.7 Å². The zero-order chi connectivity index (χ0) is 15.2. The molecule has 0 bridgehead atoms. The van der Waals surface area contributed by atoms with Crippen LogP contribution in [0.3, 0.4) is 0 Å². The van der Waals surface area contributed by atoms with Crippen LogP contribution in [0.25, 0.3) is 0 Å². The molecule has 0 aromatic heterocycles. The van der Waals surface area contributed by atoms with Gasteiger partial charge in [-0.3, -0.25) is 4.79 Å². The lowest BCUT2D eigenvalue weighted by Gasteiger charge is -2.26. The highest BCUT2D eigenvalue weighted by atomic mass is 16.5. The van der Waals surface area contributed by atoms with E-state index in [1.807, 2.05) is 4.90 Å². The number of carbonyl (C=O) groups is 1. The largest absolute Gasteiger partial charge is 0.382 e. The third kappa shape index (κ3) is 9.76. The number of hydrogen-bond acceptors (Lipinski definition) is 6. The Kier molecular flexibility index (Phi) is 11.3. The maximum atomic E-state index is 11.8. The fraction of sp³-hybridized carbons (Fsp3) is 0.929. The van der Waals surface area contributed by atoms with E-state index in [4.69, 9.17) is 18.9 Å². The normalized spacial score (nSPS) is 15.4. The van der Waals surface area contributed by atoms with Crippen molar-refractivity contribution in [3.63, 3.8) is 0 Å². The Balaban J connectivity index is 1.80. The van der Waals surface area contributed by atoms with Gasteiger partial charge in [0, 0.05) is 39.7 Å². The predicted octanol–water partition coefficient (Wildman–Crippen LogP) is -0.495. The molecule has 0 aromatic carbocycles. The number of ether oxygens (including phenoxy) is 4. The zero-order valence-electron chi connectivity index (χ0n) is 13.0. The van der Waals surface area contributed by atoms with E-state index >= 15 is 0 Å². The van der Waals surface area contributed by atoms with Crippen LogP contribution in [0.4, 0.5) is 0 Å². The lowest BCUT2D eigenvalue weighted by molar-refractivity contribution is -0.135. The minimum absolute atomic E-state index is 0.193. The Morgan fingerprint density at radius 3 is 2.43 bits per heavy atom. The summed E-state index contributed by atoms with van der Waals surface area (Å²) >= 11 is 0. The molecule has 1 N–H and O–H groups in total. The van der Waals surface area contributed by atoms with Gasteiger partial charge in [-0.15, -0.1) is 0 Å². The van der Waals surface area contributed by atoms with Crippen LogP contribution in [0.2, 0.25) is 0 Å². The van der Waals surface area contributed by atoms with Crippen LogP contribution in [-0.2, 0) is 23.7 Å². The summed E-state index contributed by atoms with van der Waals surface area (Å²) in [6, 6.07) is 0. The molecular formula is C14H28N2O5. The Labute approximate surface area is 126 Å². The molecule has 0 saturated carbocycles. The highest BCUT2D eigenvalue weighted by Gasteiger charge is 2.15. The first-order valence-electron chi connectivity index (χ1n) is 7.55. The average Bonchev–Trinajstić information content (AvgIpc) is 2.53. The molecule has 1 amide bonds. The minimum atomic E-state index is 0.193. The van der Waals surface area contributed by atoms with Crippen LogP contribution in [0, 0.1) is 0 Å². The van der Waals surface area contributed by atoms with Crippen molar-refractivity contribution in [1.29, 1.82) is 0 Å². The summed E-state index contributed by atoms with van der Waals surface area (Å²) in [5.74, 6) is 0.193. The van der Waals surface area contributed by atoms with Crippen LogP contribution < -0.4 is 5.32 Å². The van der Waals surface area contributed by atoms with Crippen molar-refractivity contribution in [2.24, 2.45) is 0 Å². The molecular weight excluding hydrogens is 276 g/mol. The van der Waals surface area contributed by atoms with E-state index in [1.54, 1.807) is 7.11 Å². The molecule has 0 spiro atoms. The Bertz CT molecular complexity index is 260. The SMILES string of the molecule is COCCOCCOCCNCCC(=O)N1CCOCC1. The van der Waals surface area contributed by atoms with E-state index in [1.165, 1.54) is 0 Å². The molecule has 0 unspecified atom stereocenters.